The van der Waals surface area contributed by atoms with Crippen molar-refractivity contribution in [1.82, 2.24) is 0 Å². The standard InChI is InChI=1S/C15H19I/c1-2-10-15(11-6-3-7-12-15)13-8-4-5-9-14(13)16/h2,4-5,8-9H,1,3,6-7,10-12H2. The van der Waals surface area contributed by atoms with Gasteiger partial charge in [0.15, 0.2) is 0 Å². The Hall–Kier alpha value is -0.310. The fraction of sp³-hybridized carbons (Fsp3) is 0.467. The van der Waals surface area contributed by atoms with Crippen LogP contribution in [0, 0.1) is 3.57 Å². The van der Waals surface area contributed by atoms with E-state index in [1.807, 2.05) is 0 Å². The molecule has 1 aliphatic carbocycles. The third-order valence-corrected chi connectivity index (χ3v) is 4.73. The average Bonchev–Trinajstić information content (AvgIpc) is 2.31. The fourth-order valence-corrected chi connectivity index (χ4v) is 3.94. The minimum absolute atomic E-state index is 0.387. The van der Waals surface area contributed by atoms with Crippen molar-refractivity contribution >= 4 is 22.6 Å². The van der Waals surface area contributed by atoms with E-state index in [0.29, 0.717) is 5.41 Å². The lowest BCUT2D eigenvalue weighted by atomic mass is 9.67. The van der Waals surface area contributed by atoms with Gasteiger partial charge in [-0.2, -0.15) is 0 Å². The maximum atomic E-state index is 3.95. The number of rotatable bonds is 3. The van der Waals surface area contributed by atoms with Crippen LogP contribution in [0.2, 0.25) is 0 Å². The van der Waals surface area contributed by atoms with Gasteiger partial charge in [-0.15, -0.1) is 6.58 Å². The molecule has 1 heteroatoms. The lowest BCUT2D eigenvalue weighted by Crippen LogP contribution is -2.29. The summed E-state index contributed by atoms with van der Waals surface area (Å²) in [6, 6.07) is 8.86. The fourth-order valence-electron chi connectivity index (χ4n) is 2.98. The highest BCUT2D eigenvalue weighted by atomic mass is 127. The van der Waals surface area contributed by atoms with Gasteiger partial charge in [-0.05, 0) is 58.9 Å². The number of hydrogen-bond donors (Lipinski definition) is 0. The topological polar surface area (TPSA) is 0 Å². The van der Waals surface area contributed by atoms with Crippen molar-refractivity contribution in [3.05, 3.63) is 46.1 Å². The highest BCUT2D eigenvalue weighted by molar-refractivity contribution is 14.1. The predicted octanol–water partition coefficient (Wildman–Crippen LogP) is 5.07. The highest BCUT2D eigenvalue weighted by Gasteiger charge is 2.33. The molecule has 0 nitrogen and oxygen atoms in total. The molecule has 0 amide bonds. The van der Waals surface area contributed by atoms with Gasteiger partial charge in [-0.25, -0.2) is 0 Å². The predicted molar refractivity (Wildman–Crippen MR) is 78.7 cm³/mol. The first kappa shape index (κ1) is 12.2. The Balaban J connectivity index is 2.38. The zero-order valence-electron chi connectivity index (χ0n) is 9.71. The SMILES string of the molecule is C=CCC1(c2ccccc2I)CCCCC1. The van der Waals surface area contributed by atoms with E-state index in [1.54, 1.807) is 5.56 Å². The van der Waals surface area contributed by atoms with Gasteiger partial charge in [0.1, 0.15) is 0 Å². The molecule has 0 bridgehead atoms. The monoisotopic (exact) mass is 326 g/mol. The van der Waals surface area contributed by atoms with Gasteiger partial charge in [-0.3, -0.25) is 0 Å². The van der Waals surface area contributed by atoms with Crippen LogP contribution in [0.3, 0.4) is 0 Å². The summed E-state index contributed by atoms with van der Waals surface area (Å²) in [7, 11) is 0. The Labute approximate surface area is 112 Å². The second-order valence-corrected chi connectivity index (χ2v) is 5.98. The summed E-state index contributed by atoms with van der Waals surface area (Å²) in [5, 5.41) is 0. The molecule has 1 aromatic carbocycles. The molecule has 1 aliphatic rings. The van der Waals surface area contributed by atoms with E-state index < -0.39 is 0 Å². The molecule has 16 heavy (non-hydrogen) atoms. The Kier molecular flexibility index (Phi) is 4.06. The van der Waals surface area contributed by atoms with Crippen molar-refractivity contribution < 1.29 is 0 Å². The second kappa shape index (κ2) is 5.35. The highest BCUT2D eigenvalue weighted by Crippen LogP contribution is 2.43. The molecule has 86 valence electrons. The van der Waals surface area contributed by atoms with Crippen LogP contribution in [0.5, 0.6) is 0 Å². The zero-order valence-corrected chi connectivity index (χ0v) is 11.9. The zero-order chi connectivity index (χ0) is 11.4. The van der Waals surface area contributed by atoms with Crippen molar-refractivity contribution in [2.75, 3.05) is 0 Å². The van der Waals surface area contributed by atoms with Crippen LogP contribution in [-0.2, 0) is 5.41 Å². The van der Waals surface area contributed by atoms with Gasteiger partial charge < -0.3 is 0 Å². The molecule has 1 saturated carbocycles. The molecule has 0 aromatic heterocycles. The molecule has 0 aliphatic heterocycles. The second-order valence-electron chi connectivity index (χ2n) is 4.81. The first-order valence-electron chi connectivity index (χ1n) is 6.14. The summed E-state index contributed by atoms with van der Waals surface area (Å²) in [4.78, 5) is 0. The van der Waals surface area contributed by atoms with Crippen LogP contribution in [-0.4, -0.2) is 0 Å². The normalized spacial score (nSPS) is 19.3. The van der Waals surface area contributed by atoms with E-state index in [2.05, 4.69) is 59.5 Å². The Morgan fingerprint density at radius 3 is 2.50 bits per heavy atom. The molecular weight excluding hydrogens is 307 g/mol. The summed E-state index contributed by atoms with van der Waals surface area (Å²) >= 11 is 2.48. The maximum absolute atomic E-state index is 3.95. The molecule has 0 saturated heterocycles. The van der Waals surface area contributed by atoms with Crippen molar-refractivity contribution in [2.45, 2.75) is 43.9 Å². The van der Waals surface area contributed by atoms with Crippen LogP contribution < -0.4 is 0 Å². The molecule has 0 heterocycles. The summed E-state index contributed by atoms with van der Waals surface area (Å²) in [6.07, 6.45) is 10.1. The van der Waals surface area contributed by atoms with E-state index >= 15 is 0 Å². The van der Waals surface area contributed by atoms with Crippen molar-refractivity contribution in [3.63, 3.8) is 0 Å². The molecule has 0 N–H and O–H groups in total. The van der Waals surface area contributed by atoms with Gasteiger partial charge in [0.2, 0.25) is 0 Å². The van der Waals surface area contributed by atoms with Gasteiger partial charge in [-0.1, -0.05) is 43.5 Å². The Morgan fingerprint density at radius 1 is 1.19 bits per heavy atom. The van der Waals surface area contributed by atoms with Crippen molar-refractivity contribution in [2.24, 2.45) is 0 Å². The van der Waals surface area contributed by atoms with Gasteiger partial charge in [0, 0.05) is 3.57 Å². The summed E-state index contributed by atoms with van der Waals surface area (Å²) in [5.74, 6) is 0. The lowest BCUT2D eigenvalue weighted by Gasteiger charge is -2.38. The summed E-state index contributed by atoms with van der Waals surface area (Å²) in [5.41, 5.74) is 1.94. The summed E-state index contributed by atoms with van der Waals surface area (Å²) < 4.78 is 1.42. The van der Waals surface area contributed by atoms with Gasteiger partial charge in [0.05, 0.1) is 0 Å². The van der Waals surface area contributed by atoms with Crippen LogP contribution in [0.4, 0.5) is 0 Å². The van der Waals surface area contributed by atoms with E-state index in [1.165, 1.54) is 35.7 Å². The Bertz CT molecular complexity index is 361. The smallest absolute Gasteiger partial charge is 0.0168 e. The lowest BCUT2D eigenvalue weighted by molar-refractivity contribution is 0.294. The quantitative estimate of drug-likeness (QED) is 0.537. The number of allylic oxidation sites excluding steroid dienone is 1. The first-order valence-corrected chi connectivity index (χ1v) is 7.22. The maximum Gasteiger partial charge on any atom is 0.0168 e. The average molecular weight is 326 g/mol. The number of halogens is 1. The van der Waals surface area contributed by atoms with Gasteiger partial charge >= 0.3 is 0 Å². The van der Waals surface area contributed by atoms with E-state index in [0.717, 1.165) is 6.42 Å². The number of benzene rings is 1. The van der Waals surface area contributed by atoms with E-state index in [9.17, 15) is 0 Å². The van der Waals surface area contributed by atoms with Crippen molar-refractivity contribution in [3.8, 4) is 0 Å². The number of hydrogen-bond acceptors (Lipinski definition) is 0. The molecule has 0 radical (unpaired) electrons. The third-order valence-electron chi connectivity index (χ3n) is 3.79. The van der Waals surface area contributed by atoms with Crippen LogP contribution >= 0.6 is 22.6 Å². The van der Waals surface area contributed by atoms with Crippen LogP contribution in [0.15, 0.2) is 36.9 Å². The molecule has 1 aromatic rings. The minimum Gasteiger partial charge on any atom is -0.103 e. The van der Waals surface area contributed by atoms with E-state index in [4.69, 9.17) is 0 Å². The van der Waals surface area contributed by atoms with Gasteiger partial charge in [0.25, 0.3) is 0 Å². The molecule has 0 atom stereocenters. The minimum atomic E-state index is 0.387. The molecule has 2 rings (SSSR count). The Morgan fingerprint density at radius 2 is 1.88 bits per heavy atom. The largest absolute Gasteiger partial charge is 0.103 e. The van der Waals surface area contributed by atoms with Crippen LogP contribution in [0.25, 0.3) is 0 Å². The third kappa shape index (κ3) is 2.34. The molecular formula is C15H19I. The molecule has 0 spiro atoms. The molecule has 1 fully saturated rings. The van der Waals surface area contributed by atoms with Crippen molar-refractivity contribution in [1.29, 1.82) is 0 Å². The first-order chi connectivity index (χ1) is 7.78. The molecule has 0 unspecified atom stereocenters. The summed E-state index contributed by atoms with van der Waals surface area (Å²) in [6.45, 7) is 3.95. The van der Waals surface area contributed by atoms with E-state index in [-0.39, 0.29) is 0 Å². The van der Waals surface area contributed by atoms with Crippen LogP contribution in [0.1, 0.15) is 44.1 Å².